The average Bonchev–Trinajstić information content (AvgIpc) is 2.38. The summed E-state index contributed by atoms with van der Waals surface area (Å²) in [5.74, 6) is -0.279. The number of piperidine rings is 1. The van der Waals surface area contributed by atoms with E-state index in [0.29, 0.717) is 25.4 Å². The fourth-order valence-electron chi connectivity index (χ4n) is 2.64. The first-order valence-electron chi connectivity index (χ1n) is 7.36. The number of carboxylic acid groups (broad SMARTS) is 1. The highest BCUT2D eigenvalue weighted by molar-refractivity contribution is 5.82. The summed E-state index contributed by atoms with van der Waals surface area (Å²) in [7, 11) is 1.90. The Morgan fingerprint density at radius 3 is 2.65 bits per heavy atom. The van der Waals surface area contributed by atoms with Crippen LogP contribution in [0.3, 0.4) is 0 Å². The fourth-order valence-corrected chi connectivity index (χ4v) is 2.64. The molecule has 0 radical (unpaired) electrons. The third-order valence-electron chi connectivity index (χ3n) is 3.60. The van der Waals surface area contributed by atoms with Crippen molar-refractivity contribution in [2.45, 2.75) is 39.2 Å². The summed E-state index contributed by atoms with van der Waals surface area (Å²) < 4.78 is 0. The molecule has 2 unspecified atom stereocenters. The molecular weight excluding hydrogens is 258 g/mol. The van der Waals surface area contributed by atoms with E-state index in [-0.39, 0.29) is 11.9 Å². The summed E-state index contributed by atoms with van der Waals surface area (Å²) >= 11 is 0. The minimum atomic E-state index is -0.962. The van der Waals surface area contributed by atoms with E-state index in [0.717, 1.165) is 19.4 Å². The second-order valence-corrected chi connectivity index (χ2v) is 5.98. The number of nitrogens with one attached hydrogen (secondary N) is 2. The molecule has 0 saturated carbocycles. The first kappa shape index (κ1) is 16.8. The van der Waals surface area contributed by atoms with Crippen LogP contribution in [0.15, 0.2) is 0 Å². The molecule has 0 aromatic carbocycles. The van der Waals surface area contributed by atoms with Crippen LogP contribution in [0, 0.1) is 11.8 Å². The van der Waals surface area contributed by atoms with E-state index in [9.17, 15) is 9.59 Å². The minimum Gasteiger partial charge on any atom is -0.480 e. The predicted octanol–water partition coefficient (Wildman–Crippen LogP) is 1.13. The maximum absolute atomic E-state index is 12.2. The quantitative estimate of drug-likeness (QED) is 0.683. The smallest absolute Gasteiger partial charge is 0.326 e. The monoisotopic (exact) mass is 285 g/mol. The van der Waals surface area contributed by atoms with Crippen LogP contribution in [0.5, 0.6) is 0 Å². The second kappa shape index (κ2) is 8.09. The molecule has 1 aliphatic rings. The molecule has 1 aliphatic heterocycles. The van der Waals surface area contributed by atoms with Crippen LogP contribution in [0.1, 0.15) is 33.1 Å². The third-order valence-corrected chi connectivity index (χ3v) is 3.60. The number of rotatable bonds is 6. The molecule has 0 bridgehead atoms. The Labute approximate surface area is 120 Å². The largest absolute Gasteiger partial charge is 0.480 e. The average molecular weight is 285 g/mol. The van der Waals surface area contributed by atoms with Crippen LogP contribution in [0.4, 0.5) is 4.79 Å². The minimum absolute atomic E-state index is 0.231. The lowest BCUT2D eigenvalue weighted by molar-refractivity contribution is -0.139. The van der Waals surface area contributed by atoms with Gasteiger partial charge in [-0.25, -0.2) is 9.59 Å². The Morgan fingerprint density at radius 2 is 2.10 bits per heavy atom. The first-order valence-corrected chi connectivity index (χ1v) is 7.36. The number of amides is 2. The first-order chi connectivity index (χ1) is 9.43. The molecule has 116 valence electrons. The molecule has 6 nitrogen and oxygen atoms in total. The molecule has 0 aromatic rings. The molecule has 0 spiro atoms. The van der Waals surface area contributed by atoms with Crippen LogP contribution in [-0.2, 0) is 4.79 Å². The fraction of sp³-hybridized carbons (Fsp3) is 0.857. The third kappa shape index (κ3) is 5.36. The second-order valence-electron chi connectivity index (χ2n) is 5.98. The highest BCUT2D eigenvalue weighted by Crippen LogP contribution is 2.16. The number of hydrogen-bond donors (Lipinski definition) is 3. The van der Waals surface area contributed by atoms with Gasteiger partial charge in [0, 0.05) is 13.1 Å². The Morgan fingerprint density at radius 1 is 1.40 bits per heavy atom. The van der Waals surface area contributed by atoms with Crippen LogP contribution in [0.2, 0.25) is 0 Å². The van der Waals surface area contributed by atoms with Crippen LogP contribution >= 0.6 is 0 Å². The van der Waals surface area contributed by atoms with Crippen LogP contribution in [0.25, 0.3) is 0 Å². The Kier molecular flexibility index (Phi) is 6.78. The lowest BCUT2D eigenvalue weighted by atomic mass is 9.98. The number of nitrogens with zero attached hydrogens (tertiary/aromatic N) is 1. The Bertz CT molecular complexity index is 332. The van der Waals surface area contributed by atoms with E-state index in [1.807, 2.05) is 20.9 Å². The van der Waals surface area contributed by atoms with E-state index in [2.05, 4.69) is 10.6 Å². The highest BCUT2D eigenvalue weighted by Gasteiger charge is 2.27. The summed E-state index contributed by atoms with van der Waals surface area (Å²) in [6, 6.07) is -1.05. The Balaban J connectivity index is 2.53. The van der Waals surface area contributed by atoms with Crippen LogP contribution in [-0.4, -0.2) is 54.7 Å². The van der Waals surface area contributed by atoms with Gasteiger partial charge in [-0.2, -0.15) is 0 Å². The summed E-state index contributed by atoms with van der Waals surface area (Å²) in [6.07, 6.45) is 2.54. The molecular formula is C14H27N3O3. The molecule has 2 amide bonds. The number of urea groups is 1. The predicted molar refractivity (Wildman–Crippen MR) is 77.6 cm³/mol. The number of aliphatic carboxylic acids is 1. The van der Waals surface area contributed by atoms with Gasteiger partial charge in [0.25, 0.3) is 0 Å². The van der Waals surface area contributed by atoms with Crippen molar-refractivity contribution in [1.82, 2.24) is 15.5 Å². The van der Waals surface area contributed by atoms with Gasteiger partial charge < -0.3 is 20.6 Å². The number of hydrogen-bond acceptors (Lipinski definition) is 3. The Hall–Kier alpha value is -1.30. The van der Waals surface area contributed by atoms with Crippen molar-refractivity contribution >= 4 is 12.0 Å². The van der Waals surface area contributed by atoms with Crippen LogP contribution < -0.4 is 10.6 Å². The van der Waals surface area contributed by atoms with Gasteiger partial charge in [0.05, 0.1) is 0 Å². The SMILES string of the molecule is CNCC1CCCN(C(=O)NC(CC(C)C)C(=O)O)C1. The van der Waals surface area contributed by atoms with E-state index in [1.54, 1.807) is 4.90 Å². The maximum Gasteiger partial charge on any atom is 0.326 e. The summed E-state index contributed by atoms with van der Waals surface area (Å²) in [4.78, 5) is 25.1. The van der Waals surface area contributed by atoms with Gasteiger partial charge in [0.2, 0.25) is 0 Å². The molecule has 0 aliphatic carbocycles. The van der Waals surface area contributed by atoms with Gasteiger partial charge in [-0.05, 0) is 44.7 Å². The van der Waals surface area contributed by atoms with E-state index < -0.39 is 12.0 Å². The number of carbonyl (C=O) groups is 2. The lowest BCUT2D eigenvalue weighted by Gasteiger charge is -2.33. The van der Waals surface area contributed by atoms with Gasteiger partial charge in [0.1, 0.15) is 6.04 Å². The molecule has 2 atom stereocenters. The van der Waals surface area contributed by atoms with E-state index >= 15 is 0 Å². The number of likely N-dealkylation sites (tertiary alicyclic amines) is 1. The molecule has 20 heavy (non-hydrogen) atoms. The standard InChI is InChI=1S/C14H27N3O3/c1-10(2)7-12(13(18)19)16-14(20)17-6-4-5-11(9-17)8-15-3/h10-12,15H,4-9H2,1-3H3,(H,16,20)(H,18,19). The van der Waals surface area contributed by atoms with Gasteiger partial charge >= 0.3 is 12.0 Å². The van der Waals surface area contributed by atoms with Crippen molar-refractivity contribution < 1.29 is 14.7 Å². The normalized spacial score (nSPS) is 20.8. The van der Waals surface area contributed by atoms with E-state index in [4.69, 9.17) is 5.11 Å². The number of carboxylic acids is 1. The van der Waals surface area contributed by atoms with Crippen molar-refractivity contribution in [3.63, 3.8) is 0 Å². The molecule has 1 fully saturated rings. The highest BCUT2D eigenvalue weighted by atomic mass is 16.4. The van der Waals surface area contributed by atoms with Gasteiger partial charge in [-0.15, -0.1) is 0 Å². The molecule has 6 heteroatoms. The maximum atomic E-state index is 12.2. The lowest BCUT2D eigenvalue weighted by Crippen LogP contribution is -2.51. The van der Waals surface area contributed by atoms with E-state index in [1.165, 1.54) is 0 Å². The zero-order valence-corrected chi connectivity index (χ0v) is 12.7. The zero-order valence-electron chi connectivity index (χ0n) is 12.7. The van der Waals surface area contributed by atoms with Gasteiger partial charge in [0.15, 0.2) is 0 Å². The van der Waals surface area contributed by atoms with Crippen molar-refractivity contribution in [3.8, 4) is 0 Å². The van der Waals surface area contributed by atoms with Crippen molar-refractivity contribution in [2.24, 2.45) is 11.8 Å². The topological polar surface area (TPSA) is 81.7 Å². The molecule has 3 N–H and O–H groups in total. The summed E-state index contributed by atoms with van der Waals surface area (Å²) in [6.45, 7) is 6.19. The van der Waals surface area contributed by atoms with Crippen molar-refractivity contribution in [2.75, 3.05) is 26.7 Å². The van der Waals surface area contributed by atoms with Crippen molar-refractivity contribution in [1.29, 1.82) is 0 Å². The molecule has 1 saturated heterocycles. The molecule has 1 heterocycles. The summed E-state index contributed by atoms with van der Waals surface area (Å²) in [5, 5.41) is 14.9. The summed E-state index contributed by atoms with van der Waals surface area (Å²) in [5.41, 5.74) is 0. The zero-order chi connectivity index (χ0) is 15.1. The van der Waals surface area contributed by atoms with Crippen molar-refractivity contribution in [3.05, 3.63) is 0 Å². The molecule has 0 aromatic heterocycles. The van der Waals surface area contributed by atoms with Gasteiger partial charge in [-0.1, -0.05) is 13.8 Å². The molecule has 1 rings (SSSR count). The van der Waals surface area contributed by atoms with Gasteiger partial charge in [-0.3, -0.25) is 0 Å². The number of carbonyl (C=O) groups excluding carboxylic acids is 1.